The molecule has 2 heterocycles. The Bertz CT molecular complexity index is 795. The SMILES string of the molecule is CC1(C(=O)O)CCCN(C(=O)C2CCCN2S(=O)(=O)c2ccccc2)C1. The molecule has 142 valence electrons. The van der Waals surface area contributed by atoms with Crippen molar-refractivity contribution in [1.82, 2.24) is 9.21 Å². The van der Waals surface area contributed by atoms with Gasteiger partial charge < -0.3 is 10.0 Å². The van der Waals surface area contributed by atoms with Crippen molar-refractivity contribution in [2.24, 2.45) is 5.41 Å². The molecule has 7 nitrogen and oxygen atoms in total. The number of amides is 1. The Morgan fingerprint density at radius 1 is 1.15 bits per heavy atom. The molecule has 1 N–H and O–H groups in total. The Labute approximate surface area is 153 Å². The Morgan fingerprint density at radius 2 is 1.85 bits per heavy atom. The van der Waals surface area contributed by atoms with Gasteiger partial charge in [0, 0.05) is 19.6 Å². The first-order valence-corrected chi connectivity index (χ1v) is 10.3. The molecule has 3 rings (SSSR count). The summed E-state index contributed by atoms with van der Waals surface area (Å²) in [6.07, 6.45) is 2.20. The lowest BCUT2D eigenvalue weighted by Crippen LogP contribution is -2.54. The van der Waals surface area contributed by atoms with E-state index in [1.54, 1.807) is 25.1 Å². The van der Waals surface area contributed by atoms with E-state index in [0.29, 0.717) is 38.8 Å². The van der Waals surface area contributed by atoms with Crippen molar-refractivity contribution in [3.05, 3.63) is 30.3 Å². The highest BCUT2D eigenvalue weighted by atomic mass is 32.2. The lowest BCUT2D eigenvalue weighted by Gasteiger charge is -2.39. The van der Waals surface area contributed by atoms with Crippen LogP contribution in [0.4, 0.5) is 0 Å². The zero-order valence-electron chi connectivity index (χ0n) is 14.8. The van der Waals surface area contributed by atoms with Crippen LogP contribution in [0.25, 0.3) is 0 Å². The number of rotatable bonds is 4. The molecule has 2 fully saturated rings. The minimum atomic E-state index is -3.75. The summed E-state index contributed by atoms with van der Waals surface area (Å²) in [4.78, 5) is 26.3. The molecule has 2 aliphatic rings. The lowest BCUT2D eigenvalue weighted by molar-refractivity contribution is -0.154. The van der Waals surface area contributed by atoms with Gasteiger partial charge in [-0.25, -0.2) is 8.42 Å². The van der Waals surface area contributed by atoms with Crippen molar-refractivity contribution in [2.45, 2.75) is 43.5 Å². The van der Waals surface area contributed by atoms with Crippen molar-refractivity contribution in [3.63, 3.8) is 0 Å². The third kappa shape index (κ3) is 3.35. The van der Waals surface area contributed by atoms with E-state index in [-0.39, 0.29) is 17.3 Å². The van der Waals surface area contributed by atoms with E-state index in [0.717, 1.165) is 0 Å². The summed E-state index contributed by atoms with van der Waals surface area (Å²) < 4.78 is 27.1. The molecule has 2 saturated heterocycles. The summed E-state index contributed by atoms with van der Waals surface area (Å²) in [6.45, 7) is 2.54. The summed E-state index contributed by atoms with van der Waals surface area (Å²) >= 11 is 0. The maximum atomic E-state index is 13.0. The topological polar surface area (TPSA) is 95.0 Å². The van der Waals surface area contributed by atoms with Gasteiger partial charge in [0.1, 0.15) is 6.04 Å². The number of likely N-dealkylation sites (tertiary alicyclic amines) is 1. The first-order valence-electron chi connectivity index (χ1n) is 8.85. The number of piperidine rings is 1. The van der Waals surface area contributed by atoms with Crippen LogP contribution in [0, 0.1) is 5.41 Å². The summed E-state index contributed by atoms with van der Waals surface area (Å²) in [6, 6.07) is 7.35. The highest BCUT2D eigenvalue weighted by molar-refractivity contribution is 7.89. The van der Waals surface area contributed by atoms with E-state index in [1.807, 2.05) is 0 Å². The quantitative estimate of drug-likeness (QED) is 0.855. The molecule has 0 radical (unpaired) electrons. The average Bonchev–Trinajstić information content (AvgIpc) is 3.12. The van der Waals surface area contributed by atoms with Crippen LogP contribution in [0.3, 0.4) is 0 Å². The van der Waals surface area contributed by atoms with Crippen LogP contribution >= 0.6 is 0 Å². The molecular weight excluding hydrogens is 356 g/mol. The Kier molecular flexibility index (Phi) is 5.07. The highest BCUT2D eigenvalue weighted by Crippen LogP contribution is 2.32. The fourth-order valence-electron chi connectivity index (χ4n) is 3.82. The number of aliphatic carboxylic acids is 1. The van der Waals surface area contributed by atoms with Gasteiger partial charge in [0.05, 0.1) is 10.3 Å². The number of carbonyl (C=O) groups excluding carboxylic acids is 1. The van der Waals surface area contributed by atoms with Crippen molar-refractivity contribution < 1.29 is 23.1 Å². The van der Waals surface area contributed by atoms with E-state index in [2.05, 4.69) is 0 Å². The first-order chi connectivity index (χ1) is 12.3. The van der Waals surface area contributed by atoms with Gasteiger partial charge in [-0.05, 0) is 44.7 Å². The van der Waals surface area contributed by atoms with Gasteiger partial charge >= 0.3 is 5.97 Å². The maximum Gasteiger partial charge on any atom is 0.311 e. The van der Waals surface area contributed by atoms with Crippen LogP contribution in [-0.2, 0) is 19.6 Å². The van der Waals surface area contributed by atoms with Crippen LogP contribution in [0.5, 0.6) is 0 Å². The van der Waals surface area contributed by atoms with E-state index < -0.39 is 27.4 Å². The largest absolute Gasteiger partial charge is 0.481 e. The average molecular weight is 380 g/mol. The van der Waals surface area contributed by atoms with Gasteiger partial charge in [-0.2, -0.15) is 4.31 Å². The summed E-state index contributed by atoms with van der Waals surface area (Å²) in [5, 5.41) is 9.45. The Morgan fingerprint density at radius 3 is 2.50 bits per heavy atom. The number of carbonyl (C=O) groups is 2. The predicted octanol–water partition coefficient (Wildman–Crippen LogP) is 1.55. The number of hydrogen-bond acceptors (Lipinski definition) is 4. The number of nitrogens with zero attached hydrogens (tertiary/aromatic N) is 2. The molecule has 1 aromatic carbocycles. The fraction of sp³-hybridized carbons (Fsp3) is 0.556. The molecule has 0 bridgehead atoms. The van der Waals surface area contributed by atoms with Gasteiger partial charge in [0.15, 0.2) is 0 Å². The molecule has 0 saturated carbocycles. The van der Waals surface area contributed by atoms with E-state index in [9.17, 15) is 23.1 Å². The Hall–Kier alpha value is -1.93. The minimum absolute atomic E-state index is 0.122. The van der Waals surface area contributed by atoms with Crippen molar-refractivity contribution >= 4 is 21.9 Å². The molecular formula is C18H24N2O5S. The molecule has 1 amide bonds. The van der Waals surface area contributed by atoms with Gasteiger partial charge in [0.25, 0.3) is 0 Å². The smallest absolute Gasteiger partial charge is 0.311 e. The molecule has 1 aromatic rings. The van der Waals surface area contributed by atoms with Crippen LogP contribution in [0.2, 0.25) is 0 Å². The van der Waals surface area contributed by atoms with Crippen LogP contribution < -0.4 is 0 Å². The molecule has 26 heavy (non-hydrogen) atoms. The maximum absolute atomic E-state index is 13.0. The number of carboxylic acid groups (broad SMARTS) is 1. The molecule has 0 aliphatic carbocycles. The van der Waals surface area contributed by atoms with Gasteiger partial charge in [-0.1, -0.05) is 18.2 Å². The second-order valence-corrected chi connectivity index (χ2v) is 9.21. The molecule has 0 aromatic heterocycles. The zero-order chi connectivity index (χ0) is 18.9. The number of hydrogen-bond donors (Lipinski definition) is 1. The molecule has 0 spiro atoms. The second kappa shape index (κ2) is 7.00. The zero-order valence-corrected chi connectivity index (χ0v) is 15.6. The third-order valence-electron chi connectivity index (χ3n) is 5.36. The molecule has 2 aliphatic heterocycles. The van der Waals surface area contributed by atoms with Crippen LogP contribution in [-0.4, -0.2) is 60.3 Å². The fourth-order valence-corrected chi connectivity index (χ4v) is 5.49. The van der Waals surface area contributed by atoms with Crippen molar-refractivity contribution in [3.8, 4) is 0 Å². The molecule has 2 unspecified atom stereocenters. The monoisotopic (exact) mass is 380 g/mol. The molecule has 8 heteroatoms. The van der Waals surface area contributed by atoms with E-state index in [1.165, 1.54) is 21.3 Å². The predicted molar refractivity (Wildman–Crippen MR) is 94.9 cm³/mol. The van der Waals surface area contributed by atoms with Gasteiger partial charge in [-0.3, -0.25) is 9.59 Å². The van der Waals surface area contributed by atoms with E-state index in [4.69, 9.17) is 0 Å². The molecule has 2 atom stereocenters. The van der Waals surface area contributed by atoms with Crippen molar-refractivity contribution in [1.29, 1.82) is 0 Å². The normalized spacial score (nSPS) is 27.4. The number of sulfonamides is 1. The van der Waals surface area contributed by atoms with Gasteiger partial charge in [0.2, 0.25) is 15.9 Å². The lowest BCUT2D eigenvalue weighted by atomic mass is 9.82. The number of benzene rings is 1. The summed E-state index contributed by atoms with van der Waals surface area (Å²) in [5.74, 6) is -1.20. The van der Waals surface area contributed by atoms with E-state index >= 15 is 0 Å². The number of carboxylic acids is 1. The summed E-state index contributed by atoms with van der Waals surface area (Å²) in [7, 11) is -3.75. The first kappa shape index (κ1) is 18.8. The van der Waals surface area contributed by atoms with Crippen LogP contribution in [0.1, 0.15) is 32.6 Å². The Balaban J connectivity index is 1.82. The van der Waals surface area contributed by atoms with Crippen molar-refractivity contribution in [2.75, 3.05) is 19.6 Å². The minimum Gasteiger partial charge on any atom is -0.481 e. The van der Waals surface area contributed by atoms with Gasteiger partial charge in [-0.15, -0.1) is 0 Å². The summed E-state index contributed by atoms with van der Waals surface area (Å²) in [5.41, 5.74) is -0.977. The second-order valence-electron chi connectivity index (χ2n) is 7.32. The highest BCUT2D eigenvalue weighted by Gasteiger charge is 2.45. The third-order valence-corrected chi connectivity index (χ3v) is 7.29. The van der Waals surface area contributed by atoms with Crippen LogP contribution in [0.15, 0.2) is 35.2 Å². The standard InChI is InChI=1S/C18H24N2O5S/c1-18(17(22)23)10-6-11-19(13-18)16(21)15-9-5-12-20(15)26(24,25)14-7-3-2-4-8-14/h2-4,7-8,15H,5-6,9-13H2,1H3,(H,22,23).